The van der Waals surface area contributed by atoms with Gasteiger partial charge < -0.3 is 5.32 Å². The highest BCUT2D eigenvalue weighted by Crippen LogP contribution is 2.21. The van der Waals surface area contributed by atoms with Crippen LogP contribution in [0.3, 0.4) is 0 Å². The van der Waals surface area contributed by atoms with E-state index >= 15 is 0 Å². The fourth-order valence-electron chi connectivity index (χ4n) is 1.67. The van der Waals surface area contributed by atoms with Crippen LogP contribution in [0.2, 0.25) is 5.02 Å². The van der Waals surface area contributed by atoms with Gasteiger partial charge in [-0.1, -0.05) is 37.6 Å². The SMILES string of the molecule is CC(C)(CCC#N)CNCc1cccc(Cl)c1. The number of hydrogen-bond acceptors (Lipinski definition) is 2. The number of nitriles is 1. The summed E-state index contributed by atoms with van der Waals surface area (Å²) < 4.78 is 0. The molecule has 0 heterocycles. The Morgan fingerprint density at radius 1 is 1.41 bits per heavy atom. The summed E-state index contributed by atoms with van der Waals surface area (Å²) in [5.41, 5.74) is 1.35. The van der Waals surface area contributed by atoms with Crippen molar-refractivity contribution in [2.45, 2.75) is 33.2 Å². The molecule has 17 heavy (non-hydrogen) atoms. The lowest BCUT2D eigenvalue weighted by molar-refractivity contribution is 0.317. The molecule has 2 nitrogen and oxygen atoms in total. The first-order chi connectivity index (χ1) is 8.03. The van der Waals surface area contributed by atoms with E-state index in [1.54, 1.807) is 0 Å². The zero-order chi connectivity index (χ0) is 12.7. The topological polar surface area (TPSA) is 35.8 Å². The van der Waals surface area contributed by atoms with E-state index in [0.29, 0.717) is 6.42 Å². The molecule has 0 radical (unpaired) electrons. The Kier molecular flexibility index (Phi) is 5.47. The summed E-state index contributed by atoms with van der Waals surface area (Å²) >= 11 is 5.92. The summed E-state index contributed by atoms with van der Waals surface area (Å²) in [7, 11) is 0. The molecule has 0 aliphatic carbocycles. The summed E-state index contributed by atoms with van der Waals surface area (Å²) in [6.07, 6.45) is 1.54. The van der Waals surface area contributed by atoms with E-state index in [9.17, 15) is 0 Å². The molecule has 92 valence electrons. The minimum atomic E-state index is 0.161. The van der Waals surface area contributed by atoms with Gasteiger partial charge in [-0.2, -0.15) is 5.26 Å². The van der Waals surface area contributed by atoms with Crippen LogP contribution >= 0.6 is 11.6 Å². The second-order valence-corrected chi connectivity index (χ2v) is 5.49. The van der Waals surface area contributed by atoms with Gasteiger partial charge in [0.1, 0.15) is 0 Å². The third-order valence-electron chi connectivity index (χ3n) is 2.74. The minimum Gasteiger partial charge on any atom is -0.312 e. The van der Waals surface area contributed by atoms with Crippen molar-refractivity contribution >= 4 is 11.6 Å². The van der Waals surface area contributed by atoms with Crippen molar-refractivity contribution in [2.24, 2.45) is 5.41 Å². The number of hydrogen-bond donors (Lipinski definition) is 1. The van der Waals surface area contributed by atoms with Gasteiger partial charge in [-0.3, -0.25) is 0 Å². The maximum atomic E-state index is 8.58. The quantitative estimate of drug-likeness (QED) is 0.835. The van der Waals surface area contributed by atoms with Gasteiger partial charge >= 0.3 is 0 Å². The lowest BCUT2D eigenvalue weighted by Crippen LogP contribution is -2.29. The van der Waals surface area contributed by atoms with Crippen LogP contribution < -0.4 is 5.32 Å². The number of halogens is 1. The highest BCUT2D eigenvalue weighted by molar-refractivity contribution is 6.30. The predicted octanol–water partition coefficient (Wildman–Crippen LogP) is 3.76. The molecule has 0 fully saturated rings. The van der Waals surface area contributed by atoms with Crippen LogP contribution in [0.25, 0.3) is 0 Å². The van der Waals surface area contributed by atoms with Gasteiger partial charge in [-0.25, -0.2) is 0 Å². The van der Waals surface area contributed by atoms with E-state index in [-0.39, 0.29) is 5.41 Å². The normalized spacial score (nSPS) is 11.2. The number of nitrogens with one attached hydrogen (secondary N) is 1. The van der Waals surface area contributed by atoms with E-state index < -0.39 is 0 Å². The second-order valence-electron chi connectivity index (χ2n) is 5.06. The summed E-state index contributed by atoms with van der Waals surface area (Å²) in [5.74, 6) is 0. The van der Waals surface area contributed by atoms with Gasteiger partial charge in [0.15, 0.2) is 0 Å². The van der Waals surface area contributed by atoms with Crippen molar-refractivity contribution in [1.29, 1.82) is 5.26 Å². The molecule has 0 unspecified atom stereocenters. The number of rotatable bonds is 6. The third kappa shape index (κ3) is 5.72. The summed E-state index contributed by atoms with van der Waals surface area (Å²) in [4.78, 5) is 0. The lowest BCUT2D eigenvalue weighted by atomic mass is 9.88. The van der Waals surface area contributed by atoms with E-state index in [1.807, 2.05) is 18.2 Å². The smallest absolute Gasteiger partial charge is 0.0621 e. The Balaban J connectivity index is 2.35. The van der Waals surface area contributed by atoms with Crippen LogP contribution in [-0.4, -0.2) is 6.54 Å². The van der Waals surface area contributed by atoms with Crippen LogP contribution in [0.5, 0.6) is 0 Å². The Bertz CT molecular complexity index is 393. The summed E-state index contributed by atoms with van der Waals surface area (Å²) in [6, 6.07) is 10.1. The molecular formula is C14H19ClN2. The average Bonchev–Trinajstić information content (AvgIpc) is 2.26. The Labute approximate surface area is 109 Å². The Hall–Kier alpha value is -1.04. The largest absolute Gasteiger partial charge is 0.312 e. The highest BCUT2D eigenvalue weighted by atomic mass is 35.5. The van der Waals surface area contributed by atoms with Gasteiger partial charge in [0.25, 0.3) is 0 Å². The molecule has 0 saturated heterocycles. The molecule has 1 aromatic carbocycles. The first kappa shape index (κ1) is 14.0. The molecule has 0 bridgehead atoms. The van der Waals surface area contributed by atoms with E-state index in [4.69, 9.17) is 16.9 Å². The maximum Gasteiger partial charge on any atom is 0.0621 e. The third-order valence-corrected chi connectivity index (χ3v) is 2.97. The zero-order valence-electron chi connectivity index (χ0n) is 10.5. The first-order valence-electron chi connectivity index (χ1n) is 5.86. The summed E-state index contributed by atoms with van der Waals surface area (Å²) in [5, 5.41) is 12.8. The van der Waals surface area contributed by atoms with Crippen molar-refractivity contribution < 1.29 is 0 Å². The first-order valence-corrected chi connectivity index (χ1v) is 6.23. The van der Waals surface area contributed by atoms with Gasteiger partial charge in [-0.05, 0) is 29.5 Å². The lowest BCUT2D eigenvalue weighted by Gasteiger charge is -2.23. The standard InChI is InChI=1S/C14H19ClN2/c1-14(2,7-4-8-16)11-17-10-12-5-3-6-13(15)9-12/h3,5-6,9,17H,4,7,10-11H2,1-2H3. The Morgan fingerprint density at radius 3 is 2.82 bits per heavy atom. The molecular weight excluding hydrogens is 232 g/mol. The molecule has 0 aromatic heterocycles. The highest BCUT2D eigenvalue weighted by Gasteiger charge is 2.16. The fourth-order valence-corrected chi connectivity index (χ4v) is 1.89. The minimum absolute atomic E-state index is 0.161. The van der Waals surface area contributed by atoms with Crippen molar-refractivity contribution in [2.75, 3.05) is 6.54 Å². The van der Waals surface area contributed by atoms with E-state index in [1.165, 1.54) is 5.56 Å². The van der Waals surface area contributed by atoms with Crippen LogP contribution in [0.4, 0.5) is 0 Å². The predicted molar refractivity (Wildman–Crippen MR) is 71.8 cm³/mol. The van der Waals surface area contributed by atoms with Crippen LogP contribution in [0, 0.1) is 16.7 Å². The van der Waals surface area contributed by atoms with Crippen LogP contribution in [-0.2, 0) is 6.54 Å². The second kappa shape index (κ2) is 6.64. The molecule has 1 rings (SSSR count). The van der Waals surface area contributed by atoms with Crippen molar-refractivity contribution in [3.05, 3.63) is 34.9 Å². The monoisotopic (exact) mass is 250 g/mol. The maximum absolute atomic E-state index is 8.58. The van der Waals surface area contributed by atoms with E-state index in [2.05, 4.69) is 31.3 Å². The molecule has 0 amide bonds. The molecule has 1 N–H and O–H groups in total. The molecule has 0 aliphatic rings. The van der Waals surface area contributed by atoms with Gasteiger partial charge in [0.05, 0.1) is 6.07 Å². The number of benzene rings is 1. The van der Waals surface area contributed by atoms with E-state index in [0.717, 1.165) is 24.5 Å². The van der Waals surface area contributed by atoms with Crippen molar-refractivity contribution in [3.8, 4) is 6.07 Å². The Morgan fingerprint density at radius 2 is 2.18 bits per heavy atom. The molecule has 0 spiro atoms. The van der Waals surface area contributed by atoms with Crippen molar-refractivity contribution in [3.63, 3.8) is 0 Å². The van der Waals surface area contributed by atoms with Crippen LogP contribution in [0.1, 0.15) is 32.3 Å². The van der Waals surface area contributed by atoms with Crippen molar-refractivity contribution in [1.82, 2.24) is 5.32 Å². The zero-order valence-corrected chi connectivity index (χ0v) is 11.2. The van der Waals surface area contributed by atoms with Gasteiger partial charge in [0.2, 0.25) is 0 Å². The number of nitrogens with zero attached hydrogens (tertiary/aromatic N) is 1. The fraction of sp³-hybridized carbons (Fsp3) is 0.500. The molecule has 0 aliphatic heterocycles. The van der Waals surface area contributed by atoms with Crippen LogP contribution in [0.15, 0.2) is 24.3 Å². The summed E-state index contributed by atoms with van der Waals surface area (Å²) in [6.45, 7) is 6.07. The molecule has 0 atom stereocenters. The molecule has 1 aromatic rings. The molecule has 0 saturated carbocycles. The average molecular weight is 251 g/mol. The van der Waals surface area contributed by atoms with Gasteiger partial charge in [0, 0.05) is 24.5 Å². The molecule has 3 heteroatoms. The van der Waals surface area contributed by atoms with Gasteiger partial charge in [-0.15, -0.1) is 0 Å².